The molecular weight excluding hydrogens is 242 g/mol. The monoisotopic (exact) mass is 259 g/mol. The molecule has 0 aliphatic carbocycles. The number of aromatic amines is 1. The molecule has 1 N–H and O–H groups in total. The molecule has 1 atom stereocenters. The van der Waals surface area contributed by atoms with Crippen molar-refractivity contribution in [1.82, 2.24) is 24.9 Å². The van der Waals surface area contributed by atoms with Crippen LogP contribution in [0.1, 0.15) is 40.6 Å². The minimum Gasteiger partial charge on any atom is -0.329 e. The number of likely N-dealkylation sites (tertiary alicyclic amines) is 1. The highest BCUT2D eigenvalue weighted by Gasteiger charge is 2.33. The Kier molecular flexibility index (Phi) is 2.85. The third-order valence-corrected chi connectivity index (χ3v) is 3.75. The molecule has 0 radical (unpaired) electrons. The number of nitrogens with one attached hydrogen (secondary N) is 1. The van der Waals surface area contributed by atoms with Crippen molar-refractivity contribution in [3.63, 3.8) is 0 Å². The lowest BCUT2D eigenvalue weighted by Crippen LogP contribution is -2.32. The van der Waals surface area contributed by atoms with Crippen molar-refractivity contribution in [1.29, 1.82) is 0 Å². The molecule has 3 rings (SSSR count). The Labute approximate surface area is 111 Å². The van der Waals surface area contributed by atoms with Crippen LogP contribution in [0.4, 0.5) is 0 Å². The van der Waals surface area contributed by atoms with Gasteiger partial charge in [-0.1, -0.05) is 0 Å². The van der Waals surface area contributed by atoms with Crippen LogP contribution in [-0.2, 0) is 7.05 Å². The Morgan fingerprint density at radius 3 is 3.00 bits per heavy atom. The molecule has 1 saturated heterocycles. The minimum atomic E-state index is 0.0384. The molecular formula is C13H17N5O. The van der Waals surface area contributed by atoms with Crippen molar-refractivity contribution in [3.8, 4) is 0 Å². The van der Waals surface area contributed by atoms with Crippen molar-refractivity contribution in [2.45, 2.75) is 25.8 Å². The van der Waals surface area contributed by atoms with Crippen molar-refractivity contribution in [2.24, 2.45) is 7.05 Å². The molecule has 2 aromatic heterocycles. The summed E-state index contributed by atoms with van der Waals surface area (Å²) in [5.74, 6) is 0.0384. The normalized spacial score (nSPS) is 19.1. The predicted molar refractivity (Wildman–Crippen MR) is 69.5 cm³/mol. The number of amides is 1. The highest BCUT2D eigenvalue weighted by molar-refractivity contribution is 5.93. The Morgan fingerprint density at radius 2 is 2.37 bits per heavy atom. The summed E-state index contributed by atoms with van der Waals surface area (Å²) in [7, 11) is 1.79. The van der Waals surface area contributed by atoms with E-state index in [0.29, 0.717) is 5.69 Å². The van der Waals surface area contributed by atoms with Crippen LogP contribution < -0.4 is 0 Å². The second kappa shape index (κ2) is 4.53. The molecule has 0 saturated carbocycles. The van der Waals surface area contributed by atoms with Crippen LogP contribution in [0, 0.1) is 6.92 Å². The molecule has 0 bridgehead atoms. The summed E-state index contributed by atoms with van der Waals surface area (Å²) < 4.78 is 1.62. The molecule has 0 spiro atoms. The Morgan fingerprint density at radius 1 is 1.53 bits per heavy atom. The first-order valence-corrected chi connectivity index (χ1v) is 6.47. The molecule has 6 heteroatoms. The standard InChI is InChI=1S/C13H17N5O/c1-9-8-14-16-12(9)10-4-3-7-18(10)13(19)11-5-6-15-17(11)2/h5-6,8,10H,3-4,7H2,1-2H3,(H,14,16). The van der Waals surface area contributed by atoms with E-state index in [1.165, 1.54) is 0 Å². The number of rotatable bonds is 2. The second-order valence-electron chi connectivity index (χ2n) is 4.96. The van der Waals surface area contributed by atoms with Crippen LogP contribution in [0.3, 0.4) is 0 Å². The van der Waals surface area contributed by atoms with E-state index in [4.69, 9.17) is 0 Å². The lowest BCUT2D eigenvalue weighted by molar-refractivity contribution is 0.0721. The van der Waals surface area contributed by atoms with Gasteiger partial charge in [0, 0.05) is 19.8 Å². The van der Waals surface area contributed by atoms with Crippen molar-refractivity contribution >= 4 is 5.91 Å². The van der Waals surface area contributed by atoms with Gasteiger partial charge >= 0.3 is 0 Å². The molecule has 100 valence electrons. The number of H-pyrrole nitrogens is 1. The fraction of sp³-hybridized carbons (Fsp3) is 0.462. The number of aryl methyl sites for hydroxylation is 2. The van der Waals surface area contributed by atoms with Crippen LogP contribution >= 0.6 is 0 Å². The zero-order valence-electron chi connectivity index (χ0n) is 11.1. The second-order valence-corrected chi connectivity index (χ2v) is 4.96. The molecule has 3 heterocycles. The molecule has 1 unspecified atom stereocenters. The smallest absolute Gasteiger partial charge is 0.272 e. The zero-order chi connectivity index (χ0) is 13.4. The molecule has 6 nitrogen and oxygen atoms in total. The molecule has 1 aliphatic rings. The molecule has 19 heavy (non-hydrogen) atoms. The van der Waals surface area contributed by atoms with Gasteiger partial charge in [0.05, 0.1) is 17.9 Å². The van der Waals surface area contributed by atoms with E-state index in [-0.39, 0.29) is 11.9 Å². The van der Waals surface area contributed by atoms with Gasteiger partial charge in [0.15, 0.2) is 0 Å². The third-order valence-electron chi connectivity index (χ3n) is 3.75. The van der Waals surface area contributed by atoms with Gasteiger partial charge in [-0.2, -0.15) is 10.2 Å². The third kappa shape index (κ3) is 1.93. The molecule has 1 amide bonds. The summed E-state index contributed by atoms with van der Waals surface area (Å²) in [6.07, 6.45) is 5.46. The molecule has 1 aliphatic heterocycles. The summed E-state index contributed by atoms with van der Waals surface area (Å²) in [5, 5.41) is 11.1. The van der Waals surface area contributed by atoms with Gasteiger partial charge in [-0.25, -0.2) is 0 Å². The summed E-state index contributed by atoms with van der Waals surface area (Å²) >= 11 is 0. The van der Waals surface area contributed by atoms with Gasteiger partial charge in [-0.05, 0) is 31.4 Å². The van der Waals surface area contributed by atoms with E-state index < -0.39 is 0 Å². The average Bonchev–Trinajstić information content (AvgIpc) is 3.07. The number of hydrogen-bond donors (Lipinski definition) is 1. The van der Waals surface area contributed by atoms with Crippen molar-refractivity contribution < 1.29 is 4.79 Å². The first-order valence-electron chi connectivity index (χ1n) is 6.47. The van der Waals surface area contributed by atoms with Gasteiger partial charge in [-0.3, -0.25) is 14.6 Å². The number of hydrogen-bond acceptors (Lipinski definition) is 3. The predicted octanol–water partition coefficient (Wildman–Crippen LogP) is 1.43. The van der Waals surface area contributed by atoms with E-state index in [1.54, 1.807) is 30.2 Å². The largest absolute Gasteiger partial charge is 0.329 e. The van der Waals surface area contributed by atoms with Crippen LogP contribution in [0.25, 0.3) is 0 Å². The highest BCUT2D eigenvalue weighted by Crippen LogP contribution is 2.33. The van der Waals surface area contributed by atoms with Crippen molar-refractivity contribution in [2.75, 3.05) is 6.54 Å². The van der Waals surface area contributed by atoms with E-state index >= 15 is 0 Å². The van der Waals surface area contributed by atoms with Crippen LogP contribution in [0.2, 0.25) is 0 Å². The Bertz CT molecular complexity index is 600. The van der Waals surface area contributed by atoms with Crippen molar-refractivity contribution in [3.05, 3.63) is 35.4 Å². The molecule has 1 fully saturated rings. The fourth-order valence-corrected chi connectivity index (χ4v) is 2.73. The zero-order valence-corrected chi connectivity index (χ0v) is 11.1. The first kappa shape index (κ1) is 12.0. The quantitative estimate of drug-likeness (QED) is 0.887. The average molecular weight is 259 g/mol. The first-order chi connectivity index (χ1) is 9.18. The minimum absolute atomic E-state index is 0.0384. The molecule has 2 aromatic rings. The van der Waals surface area contributed by atoms with Gasteiger partial charge in [0.25, 0.3) is 5.91 Å². The fourth-order valence-electron chi connectivity index (χ4n) is 2.73. The highest BCUT2D eigenvalue weighted by atomic mass is 16.2. The van der Waals surface area contributed by atoms with Crippen LogP contribution in [0.15, 0.2) is 18.5 Å². The Balaban J connectivity index is 1.90. The SMILES string of the molecule is Cc1cn[nH]c1C1CCCN1C(=O)c1ccnn1C. The summed E-state index contributed by atoms with van der Waals surface area (Å²) in [6.45, 7) is 2.80. The maximum absolute atomic E-state index is 12.6. The van der Waals surface area contributed by atoms with Gasteiger partial charge in [0.2, 0.25) is 0 Å². The summed E-state index contributed by atoms with van der Waals surface area (Å²) in [4.78, 5) is 14.5. The number of carbonyl (C=O) groups excluding carboxylic acids is 1. The maximum atomic E-state index is 12.6. The Hall–Kier alpha value is -2.11. The maximum Gasteiger partial charge on any atom is 0.272 e. The lowest BCUT2D eigenvalue weighted by atomic mass is 10.1. The molecule has 0 aromatic carbocycles. The van der Waals surface area contributed by atoms with E-state index in [2.05, 4.69) is 15.3 Å². The summed E-state index contributed by atoms with van der Waals surface area (Å²) in [5.41, 5.74) is 2.78. The lowest BCUT2D eigenvalue weighted by Gasteiger charge is -2.24. The van der Waals surface area contributed by atoms with E-state index in [1.807, 2.05) is 11.8 Å². The summed E-state index contributed by atoms with van der Waals surface area (Å²) in [6, 6.07) is 1.86. The van der Waals surface area contributed by atoms with Gasteiger partial charge in [0.1, 0.15) is 5.69 Å². The number of carbonyl (C=O) groups is 1. The van der Waals surface area contributed by atoms with E-state index in [9.17, 15) is 4.79 Å². The topological polar surface area (TPSA) is 66.8 Å². The van der Waals surface area contributed by atoms with E-state index in [0.717, 1.165) is 30.6 Å². The number of aromatic nitrogens is 4. The van der Waals surface area contributed by atoms with Crippen LogP contribution in [0.5, 0.6) is 0 Å². The van der Waals surface area contributed by atoms with Gasteiger partial charge < -0.3 is 4.90 Å². The van der Waals surface area contributed by atoms with Crippen LogP contribution in [-0.4, -0.2) is 37.3 Å². The van der Waals surface area contributed by atoms with Gasteiger partial charge in [-0.15, -0.1) is 0 Å². The number of nitrogens with zero attached hydrogens (tertiary/aromatic N) is 4.